The Kier molecular flexibility index (Phi) is 2.59. The van der Waals surface area contributed by atoms with Gasteiger partial charge in [0.2, 0.25) is 5.43 Å². The first-order valence-electron chi connectivity index (χ1n) is 6.35. The highest BCUT2D eigenvalue weighted by molar-refractivity contribution is 9.10. The van der Waals surface area contributed by atoms with Gasteiger partial charge < -0.3 is 14.3 Å². The van der Waals surface area contributed by atoms with Crippen LogP contribution in [0.1, 0.15) is 5.76 Å². The summed E-state index contributed by atoms with van der Waals surface area (Å²) in [5.41, 5.74) is 1.51. The number of ether oxygens (including phenoxy) is 1. The number of phenols is 1. The molecule has 21 heavy (non-hydrogen) atoms. The summed E-state index contributed by atoms with van der Waals surface area (Å²) >= 11 is 3.39. The van der Waals surface area contributed by atoms with Crippen molar-refractivity contribution in [2.75, 3.05) is 0 Å². The summed E-state index contributed by atoms with van der Waals surface area (Å²) in [6, 6.07) is 10.0. The topological polar surface area (TPSA) is 59.7 Å². The molecule has 2 heterocycles. The van der Waals surface area contributed by atoms with Crippen LogP contribution in [0.3, 0.4) is 0 Å². The first-order valence-corrected chi connectivity index (χ1v) is 7.14. The molecule has 1 N–H and O–H groups in total. The molecule has 1 aromatic heterocycles. The van der Waals surface area contributed by atoms with Crippen LogP contribution in [0.4, 0.5) is 0 Å². The Bertz CT molecular complexity index is 943. The number of fused-ring (bicyclic) bond motifs is 4. The van der Waals surface area contributed by atoms with Gasteiger partial charge in [0.15, 0.2) is 5.76 Å². The first kappa shape index (κ1) is 12.5. The monoisotopic (exact) mass is 344 g/mol. The number of benzene rings is 2. The molecule has 0 spiro atoms. The molecule has 2 aromatic carbocycles. The molecule has 4 rings (SSSR count). The van der Waals surface area contributed by atoms with Crippen molar-refractivity contribution in [2.24, 2.45) is 0 Å². The molecule has 0 radical (unpaired) electrons. The van der Waals surface area contributed by atoms with Crippen molar-refractivity contribution >= 4 is 26.9 Å². The fourth-order valence-corrected chi connectivity index (χ4v) is 2.91. The maximum Gasteiger partial charge on any atom is 0.201 e. The molecular weight excluding hydrogens is 336 g/mol. The van der Waals surface area contributed by atoms with Crippen molar-refractivity contribution < 1.29 is 14.3 Å². The highest BCUT2D eigenvalue weighted by Gasteiger charge is 2.24. The summed E-state index contributed by atoms with van der Waals surface area (Å²) in [7, 11) is 0. The molecule has 0 fully saturated rings. The van der Waals surface area contributed by atoms with E-state index < -0.39 is 0 Å². The van der Waals surface area contributed by atoms with Gasteiger partial charge in [0.05, 0.1) is 10.9 Å². The van der Waals surface area contributed by atoms with Crippen LogP contribution in [-0.2, 0) is 6.61 Å². The fourth-order valence-electron chi connectivity index (χ4n) is 2.57. The number of rotatable bonds is 0. The van der Waals surface area contributed by atoms with Crippen LogP contribution in [0.5, 0.6) is 11.5 Å². The molecule has 0 aliphatic carbocycles. The number of phenolic OH excluding ortho intramolecular Hbond substituents is 1. The fraction of sp³-hybridized carbons (Fsp3) is 0.0625. The van der Waals surface area contributed by atoms with Crippen LogP contribution in [0.15, 0.2) is 50.1 Å². The minimum absolute atomic E-state index is 0.0617. The lowest BCUT2D eigenvalue weighted by Gasteiger charge is -2.19. The van der Waals surface area contributed by atoms with Crippen molar-refractivity contribution in [1.29, 1.82) is 0 Å². The Balaban J connectivity index is 2.10. The highest BCUT2D eigenvalue weighted by Crippen LogP contribution is 2.38. The van der Waals surface area contributed by atoms with Crippen molar-refractivity contribution in [3.05, 3.63) is 56.9 Å². The van der Waals surface area contributed by atoms with Crippen molar-refractivity contribution in [1.82, 2.24) is 0 Å². The van der Waals surface area contributed by atoms with Crippen LogP contribution in [0.2, 0.25) is 0 Å². The summed E-state index contributed by atoms with van der Waals surface area (Å²) in [5.74, 6) is 1.20. The number of aromatic hydroxyl groups is 1. The molecule has 4 nitrogen and oxygen atoms in total. The van der Waals surface area contributed by atoms with E-state index in [1.54, 1.807) is 6.07 Å². The Hall–Kier alpha value is -2.27. The van der Waals surface area contributed by atoms with Gasteiger partial charge in [0, 0.05) is 16.1 Å². The van der Waals surface area contributed by atoms with E-state index in [9.17, 15) is 9.90 Å². The smallest absolute Gasteiger partial charge is 0.201 e. The summed E-state index contributed by atoms with van der Waals surface area (Å²) in [4.78, 5) is 12.7. The molecule has 1 aliphatic rings. The van der Waals surface area contributed by atoms with E-state index >= 15 is 0 Å². The van der Waals surface area contributed by atoms with E-state index in [0.29, 0.717) is 28.0 Å². The Morgan fingerprint density at radius 1 is 1.14 bits per heavy atom. The maximum absolute atomic E-state index is 12.7. The Labute approximate surface area is 127 Å². The molecule has 0 saturated heterocycles. The maximum atomic E-state index is 12.7. The van der Waals surface area contributed by atoms with Gasteiger partial charge in [-0.05, 0) is 30.3 Å². The SMILES string of the molecule is O=c1c2c(oc3cc(O)ccc13)COc1cc(Br)ccc1-2. The van der Waals surface area contributed by atoms with E-state index in [4.69, 9.17) is 9.15 Å². The zero-order chi connectivity index (χ0) is 14.6. The summed E-state index contributed by atoms with van der Waals surface area (Å²) < 4.78 is 12.3. The Morgan fingerprint density at radius 3 is 2.86 bits per heavy atom. The molecule has 0 bridgehead atoms. The van der Waals surface area contributed by atoms with Crippen LogP contribution >= 0.6 is 15.9 Å². The van der Waals surface area contributed by atoms with Gasteiger partial charge in [-0.15, -0.1) is 0 Å². The molecule has 0 unspecified atom stereocenters. The zero-order valence-electron chi connectivity index (χ0n) is 10.7. The Morgan fingerprint density at radius 2 is 2.00 bits per heavy atom. The van der Waals surface area contributed by atoms with Crippen molar-refractivity contribution in [3.63, 3.8) is 0 Å². The second kappa shape index (κ2) is 4.36. The number of halogens is 1. The molecular formula is C16H9BrO4. The van der Waals surface area contributed by atoms with Crippen LogP contribution in [-0.4, -0.2) is 5.11 Å². The predicted molar refractivity (Wildman–Crippen MR) is 81.6 cm³/mol. The van der Waals surface area contributed by atoms with Crippen LogP contribution in [0, 0.1) is 0 Å². The van der Waals surface area contributed by atoms with Crippen LogP contribution in [0.25, 0.3) is 22.1 Å². The normalized spacial score (nSPS) is 12.6. The van der Waals surface area contributed by atoms with Gasteiger partial charge >= 0.3 is 0 Å². The van der Waals surface area contributed by atoms with Crippen molar-refractivity contribution in [2.45, 2.75) is 6.61 Å². The second-order valence-electron chi connectivity index (χ2n) is 4.84. The summed E-state index contributed by atoms with van der Waals surface area (Å²) in [6.45, 7) is 0.194. The molecule has 0 amide bonds. The number of hydrogen-bond donors (Lipinski definition) is 1. The predicted octanol–water partition coefficient (Wildman–Crippen LogP) is 3.82. The lowest BCUT2D eigenvalue weighted by Crippen LogP contribution is -2.15. The summed E-state index contributed by atoms with van der Waals surface area (Å²) in [6.07, 6.45) is 0. The average molecular weight is 345 g/mol. The van der Waals surface area contributed by atoms with Crippen LogP contribution < -0.4 is 10.2 Å². The molecule has 5 heteroatoms. The number of hydrogen-bond acceptors (Lipinski definition) is 4. The van der Waals surface area contributed by atoms with Crippen molar-refractivity contribution in [3.8, 4) is 22.6 Å². The summed E-state index contributed by atoms with van der Waals surface area (Å²) in [5, 5.41) is 9.96. The third kappa shape index (κ3) is 1.85. The molecule has 104 valence electrons. The van der Waals surface area contributed by atoms with E-state index in [1.807, 2.05) is 18.2 Å². The van der Waals surface area contributed by atoms with E-state index in [1.165, 1.54) is 12.1 Å². The van der Waals surface area contributed by atoms with Gasteiger partial charge in [-0.25, -0.2) is 0 Å². The van der Waals surface area contributed by atoms with Gasteiger partial charge in [-0.2, -0.15) is 0 Å². The third-order valence-electron chi connectivity index (χ3n) is 3.52. The molecule has 1 aliphatic heterocycles. The van der Waals surface area contributed by atoms with Gasteiger partial charge in [-0.1, -0.05) is 15.9 Å². The van der Waals surface area contributed by atoms with E-state index in [-0.39, 0.29) is 17.8 Å². The zero-order valence-corrected chi connectivity index (χ0v) is 12.3. The lowest BCUT2D eigenvalue weighted by atomic mass is 9.99. The van der Waals surface area contributed by atoms with Gasteiger partial charge in [-0.3, -0.25) is 4.79 Å². The van der Waals surface area contributed by atoms with Gasteiger partial charge in [0.25, 0.3) is 0 Å². The van der Waals surface area contributed by atoms with Gasteiger partial charge in [0.1, 0.15) is 23.7 Å². The molecule has 0 saturated carbocycles. The second-order valence-corrected chi connectivity index (χ2v) is 5.75. The van der Waals surface area contributed by atoms with E-state index in [0.717, 1.165) is 10.0 Å². The quantitative estimate of drug-likeness (QED) is 0.673. The largest absolute Gasteiger partial charge is 0.508 e. The molecule has 3 aromatic rings. The van der Waals surface area contributed by atoms with E-state index in [2.05, 4.69) is 15.9 Å². The molecule has 0 atom stereocenters. The third-order valence-corrected chi connectivity index (χ3v) is 4.01. The average Bonchev–Trinajstić information content (AvgIpc) is 2.46. The lowest BCUT2D eigenvalue weighted by molar-refractivity contribution is 0.267. The minimum Gasteiger partial charge on any atom is -0.508 e. The minimum atomic E-state index is -0.113. The highest BCUT2D eigenvalue weighted by atomic mass is 79.9. The first-order chi connectivity index (χ1) is 10.1. The standard InChI is InChI=1S/C16H9BrO4/c17-8-1-3-10-12(5-8)20-7-14-15(10)16(19)11-4-2-9(18)6-13(11)21-14/h1-6,18H,7H2.